The number of hydrogen-bond acceptors (Lipinski definition) is 2. The zero-order valence-corrected chi connectivity index (χ0v) is 9.44. The summed E-state index contributed by atoms with van der Waals surface area (Å²) >= 11 is 0. The van der Waals surface area contributed by atoms with E-state index in [2.05, 4.69) is 12.2 Å². The zero-order valence-electron chi connectivity index (χ0n) is 9.44. The molecule has 0 spiro atoms. The third-order valence-corrected chi connectivity index (χ3v) is 3.20. The number of hydrogen-bond donors (Lipinski definition) is 2. The molecule has 2 rings (SSSR count). The van der Waals surface area contributed by atoms with Gasteiger partial charge in [-0.1, -0.05) is 19.1 Å². The molecule has 1 aromatic carbocycles. The number of nitrogens with one attached hydrogen (secondary N) is 1. The van der Waals surface area contributed by atoms with Gasteiger partial charge in [-0.2, -0.15) is 0 Å². The number of aromatic carboxylic acids is 1. The lowest BCUT2D eigenvalue weighted by molar-refractivity contribution is 0.0698. The summed E-state index contributed by atoms with van der Waals surface area (Å²) in [6.07, 6.45) is 2.65. The summed E-state index contributed by atoms with van der Waals surface area (Å²) in [6, 6.07) is 7.06. The number of para-hydroxylation sites is 1. The fourth-order valence-corrected chi connectivity index (χ4v) is 1.93. The molecule has 1 saturated carbocycles. The Labute approximate surface area is 95.5 Å². The highest BCUT2D eigenvalue weighted by Gasteiger charge is 2.27. The Morgan fingerprint density at radius 1 is 1.50 bits per heavy atom. The Bertz CT molecular complexity index is 385. The molecule has 0 radical (unpaired) electrons. The van der Waals surface area contributed by atoms with Crippen LogP contribution in [0.2, 0.25) is 0 Å². The molecule has 0 bridgehead atoms. The molecule has 0 aliphatic heterocycles. The third kappa shape index (κ3) is 2.54. The van der Waals surface area contributed by atoms with E-state index >= 15 is 0 Å². The van der Waals surface area contributed by atoms with E-state index in [-0.39, 0.29) is 0 Å². The fraction of sp³-hybridized carbons (Fsp3) is 0.462. The van der Waals surface area contributed by atoms with Gasteiger partial charge < -0.3 is 10.4 Å². The molecule has 1 fully saturated rings. The molecule has 0 aromatic heterocycles. The lowest BCUT2D eigenvalue weighted by atomic mass is 10.1. The number of benzene rings is 1. The van der Waals surface area contributed by atoms with Crippen molar-refractivity contribution in [2.45, 2.75) is 19.8 Å². The lowest BCUT2D eigenvalue weighted by Crippen LogP contribution is -2.15. The summed E-state index contributed by atoms with van der Waals surface area (Å²) in [5, 5.41) is 12.2. The van der Waals surface area contributed by atoms with Crippen LogP contribution in [0.5, 0.6) is 0 Å². The maximum absolute atomic E-state index is 11.0. The molecular formula is C13H17NO2. The molecule has 0 heterocycles. The van der Waals surface area contributed by atoms with Gasteiger partial charge in [0.2, 0.25) is 0 Å². The minimum Gasteiger partial charge on any atom is -0.478 e. The predicted molar refractivity (Wildman–Crippen MR) is 63.8 cm³/mol. The Balaban J connectivity index is 1.99. The molecule has 1 aliphatic rings. The number of carboxylic acid groups (broad SMARTS) is 1. The van der Waals surface area contributed by atoms with Crippen molar-refractivity contribution in [2.24, 2.45) is 11.8 Å². The highest BCUT2D eigenvalue weighted by Crippen LogP contribution is 2.36. The van der Waals surface area contributed by atoms with E-state index < -0.39 is 5.97 Å². The monoisotopic (exact) mass is 219 g/mol. The van der Waals surface area contributed by atoms with Crippen molar-refractivity contribution >= 4 is 11.7 Å². The molecular weight excluding hydrogens is 202 g/mol. The molecule has 0 saturated heterocycles. The van der Waals surface area contributed by atoms with E-state index in [0.29, 0.717) is 11.5 Å². The van der Waals surface area contributed by atoms with E-state index in [9.17, 15) is 4.79 Å². The van der Waals surface area contributed by atoms with Crippen LogP contribution in [0, 0.1) is 11.8 Å². The maximum atomic E-state index is 11.0. The number of rotatable bonds is 5. The van der Waals surface area contributed by atoms with Crippen LogP contribution in [-0.4, -0.2) is 17.6 Å². The Morgan fingerprint density at radius 3 is 2.81 bits per heavy atom. The van der Waals surface area contributed by atoms with Crippen LogP contribution in [0.4, 0.5) is 5.69 Å². The van der Waals surface area contributed by atoms with Gasteiger partial charge in [-0.05, 0) is 36.8 Å². The van der Waals surface area contributed by atoms with Crippen LogP contribution in [0.3, 0.4) is 0 Å². The highest BCUT2D eigenvalue weighted by molar-refractivity contribution is 5.94. The molecule has 3 heteroatoms. The average Bonchev–Trinajstić information content (AvgIpc) is 3.10. The Kier molecular flexibility index (Phi) is 3.13. The van der Waals surface area contributed by atoms with Crippen molar-refractivity contribution in [3.05, 3.63) is 29.8 Å². The van der Waals surface area contributed by atoms with E-state index in [1.807, 2.05) is 12.1 Å². The lowest BCUT2D eigenvalue weighted by Gasteiger charge is -2.14. The van der Waals surface area contributed by atoms with Gasteiger partial charge in [-0.3, -0.25) is 0 Å². The van der Waals surface area contributed by atoms with Crippen molar-refractivity contribution in [2.75, 3.05) is 11.9 Å². The first-order chi connectivity index (χ1) is 7.68. The molecule has 16 heavy (non-hydrogen) atoms. The van der Waals surface area contributed by atoms with Crippen LogP contribution < -0.4 is 5.32 Å². The summed E-state index contributed by atoms with van der Waals surface area (Å²) in [5.74, 6) is 0.591. The van der Waals surface area contributed by atoms with Crippen molar-refractivity contribution < 1.29 is 9.90 Å². The van der Waals surface area contributed by atoms with Gasteiger partial charge in [0, 0.05) is 12.2 Å². The van der Waals surface area contributed by atoms with Gasteiger partial charge in [0.25, 0.3) is 0 Å². The minimum absolute atomic E-state index is 0.352. The van der Waals surface area contributed by atoms with Gasteiger partial charge in [0.15, 0.2) is 0 Å². The first kappa shape index (κ1) is 11.0. The molecule has 2 N–H and O–H groups in total. The smallest absolute Gasteiger partial charge is 0.337 e. The van der Waals surface area contributed by atoms with Crippen LogP contribution in [-0.2, 0) is 0 Å². The molecule has 1 aromatic rings. The van der Waals surface area contributed by atoms with Crippen LogP contribution in [0.15, 0.2) is 24.3 Å². The van der Waals surface area contributed by atoms with Crippen molar-refractivity contribution in [3.8, 4) is 0 Å². The van der Waals surface area contributed by atoms with Crippen LogP contribution in [0.1, 0.15) is 30.1 Å². The minimum atomic E-state index is -0.873. The van der Waals surface area contributed by atoms with Crippen molar-refractivity contribution in [1.29, 1.82) is 0 Å². The summed E-state index contributed by atoms with van der Waals surface area (Å²) in [5.41, 5.74) is 1.08. The highest BCUT2D eigenvalue weighted by atomic mass is 16.4. The molecule has 1 atom stereocenters. The summed E-state index contributed by atoms with van der Waals surface area (Å²) in [6.45, 7) is 3.07. The van der Waals surface area contributed by atoms with Crippen molar-refractivity contribution in [3.63, 3.8) is 0 Å². The summed E-state index contributed by atoms with van der Waals surface area (Å²) in [7, 11) is 0. The largest absolute Gasteiger partial charge is 0.478 e. The first-order valence-electron chi connectivity index (χ1n) is 5.74. The number of anilines is 1. The van der Waals surface area contributed by atoms with E-state index in [1.54, 1.807) is 12.1 Å². The van der Waals surface area contributed by atoms with Gasteiger partial charge in [0.1, 0.15) is 0 Å². The standard InChI is InChI=1S/C13H17NO2/c1-9(10-6-7-10)8-14-12-5-3-2-4-11(12)13(15)16/h2-5,9-10,14H,6-8H2,1H3,(H,15,16). The Hall–Kier alpha value is -1.51. The van der Waals surface area contributed by atoms with Gasteiger partial charge in [0.05, 0.1) is 5.56 Å². The molecule has 86 valence electrons. The zero-order chi connectivity index (χ0) is 11.5. The maximum Gasteiger partial charge on any atom is 0.337 e. The normalized spacial score (nSPS) is 16.8. The summed E-state index contributed by atoms with van der Waals surface area (Å²) in [4.78, 5) is 11.0. The quantitative estimate of drug-likeness (QED) is 0.800. The molecule has 1 unspecified atom stereocenters. The molecule has 1 aliphatic carbocycles. The number of carbonyl (C=O) groups is 1. The van der Waals surface area contributed by atoms with E-state index in [0.717, 1.165) is 18.2 Å². The predicted octanol–water partition coefficient (Wildman–Crippen LogP) is 2.84. The molecule has 0 amide bonds. The first-order valence-corrected chi connectivity index (χ1v) is 5.74. The van der Waals surface area contributed by atoms with Crippen LogP contribution >= 0.6 is 0 Å². The topological polar surface area (TPSA) is 49.3 Å². The van der Waals surface area contributed by atoms with E-state index in [4.69, 9.17) is 5.11 Å². The second-order valence-corrected chi connectivity index (χ2v) is 4.55. The third-order valence-electron chi connectivity index (χ3n) is 3.20. The fourth-order valence-electron chi connectivity index (χ4n) is 1.93. The van der Waals surface area contributed by atoms with E-state index in [1.165, 1.54) is 12.8 Å². The second-order valence-electron chi connectivity index (χ2n) is 4.55. The Morgan fingerprint density at radius 2 is 2.19 bits per heavy atom. The van der Waals surface area contributed by atoms with Crippen molar-refractivity contribution in [1.82, 2.24) is 0 Å². The van der Waals surface area contributed by atoms with Gasteiger partial charge in [-0.15, -0.1) is 0 Å². The number of carboxylic acids is 1. The summed E-state index contributed by atoms with van der Waals surface area (Å²) < 4.78 is 0. The van der Waals surface area contributed by atoms with Gasteiger partial charge in [-0.25, -0.2) is 4.79 Å². The SMILES string of the molecule is CC(CNc1ccccc1C(=O)O)C1CC1. The second kappa shape index (κ2) is 4.56. The van der Waals surface area contributed by atoms with Crippen LogP contribution in [0.25, 0.3) is 0 Å². The molecule has 3 nitrogen and oxygen atoms in total. The van der Waals surface area contributed by atoms with Gasteiger partial charge >= 0.3 is 5.97 Å². The average molecular weight is 219 g/mol.